The Balaban J connectivity index is 1.79. The van der Waals surface area contributed by atoms with Gasteiger partial charge in [0, 0.05) is 18.5 Å². The highest BCUT2D eigenvalue weighted by Gasteiger charge is 2.38. The van der Waals surface area contributed by atoms with E-state index >= 15 is 0 Å². The molecule has 0 bridgehead atoms. The Morgan fingerprint density at radius 3 is 2.64 bits per heavy atom. The largest absolute Gasteiger partial charge is 0.508 e. The molecule has 1 aliphatic heterocycles. The van der Waals surface area contributed by atoms with Crippen molar-refractivity contribution >= 4 is 0 Å². The van der Waals surface area contributed by atoms with E-state index in [4.69, 9.17) is 0 Å². The second-order valence-corrected chi connectivity index (χ2v) is 6.53. The van der Waals surface area contributed by atoms with Gasteiger partial charge in [0.2, 0.25) is 0 Å². The molecule has 0 saturated carbocycles. The second kappa shape index (κ2) is 6.53. The fraction of sp³-hybridized carbons (Fsp3) is 0.400. The molecular formula is C20H25NO. The summed E-state index contributed by atoms with van der Waals surface area (Å²) in [5, 5.41) is 9.84. The Morgan fingerprint density at radius 1 is 1.09 bits per heavy atom. The van der Waals surface area contributed by atoms with Crippen LogP contribution in [0.15, 0.2) is 54.6 Å². The first-order valence-electron chi connectivity index (χ1n) is 8.28. The smallest absolute Gasteiger partial charge is 0.115 e. The SMILES string of the molecule is CCC[C@@]1(c2cccc(O)c2)CCN(Cc2ccccc2)C1. The quantitative estimate of drug-likeness (QED) is 0.887. The average molecular weight is 295 g/mol. The number of benzene rings is 2. The maximum Gasteiger partial charge on any atom is 0.115 e. The summed E-state index contributed by atoms with van der Waals surface area (Å²) < 4.78 is 0. The molecule has 0 spiro atoms. The van der Waals surface area contributed by atoms with Crippen molar-refractivity contribution in [2.75, 3.05) is 13.1 Å². The minimum absolute atomic E-state index is 0.197. The summed E-state index contributed by atoms with van der Waals surface area (Å²) in [6.07, 6.45) is 3.54. The molecule has 116 valence electrons. The normalized spacial score (nSPS) is 22.0. The van der Waals surface area contributed by atoms with E-state index in [9.17, 15) is 5.11 Å². The maximum absolute atomic E-state index is 9.84. The lowest BCUT2D eigenvalue weighted by Crippen LogP contribution is -2.30. The summed E-state index contributed by atoms with van der Waals surface area (Å²) in [5.74, 6) is 0.384. The van der Waals surface area contributed by atoms with E-state index in [1.807, 2.05) is 12.1 Å². The first-order valence-corrected chi connectivity index (χ1v) is 8.28. The zero-order valence-electron chi connectivity index (χ0n) is 13.3. The molecule has 0 aromatic heterocycles. The van der Waals surface area contributed by atoms with Crippen molar-refractivity contribution in [3.05, 3.63) is 65.7 Å². The van der Waals surface area contributed by atoms with Gasteiger partial charge in [-0.25, -0.2) is 0 Å². The predicted molar refractivity (Wildman–Crippen MR) is 91.0 cm³/mol. The van der Waals surface area contributed by atoms with Gasteiger partial charge in [-0.15, -0.1) is 0 Å². The highest BCUT2D eigenvalue weighted by molar-refractivity contribution is 5.34. The molecule has 3 rings (SSSR count). The number of aromatic hydroxyl groups is 1. The number of rotatable bonds is 5. The van der Waals surface area contributed by atoms with Gasteiger partial charge in [-0.2, -0.15) is 0 Å². The van der Waals surface area contributed by atoms with E-state index in [0.717, 1.165) is 19.6 Å². The molecule has 2 aromatic rings. The van der Waals surface area contributed by atoms with Crippen LogP contribution in [0.2, 0.25) is 0 Å². The molecule has 1 atom stereocenters. The first kappa shape index (κ1) is 15.1. The van der Waals surface area contributed by atoms with Crippen LogP contribution in [0.3, 0.4) is 0 Å². The number of phenols is 1. The van der Waals surface area contributed by atoms with Crippen molar-refractivity contribution < 1.29 is 5.11 Å². The Labute approximate surface area is 133 Å². The van der Waals surface area contributed by atoms with Crippen molar-refractivity contribution in [2.24, 2.45) is 0 Å². The molecule has 2 aromatic carbocycles. The third kappa shape index (κ3) is 3.17. The molecule has 2 nitrogen and oxygen atoms in total. The van der Waals surface area contributed by atoms with Crippen LogP contribution in [0, 0.1) is 0 Å². The van der Waals surface area contributed by atoms with Crippen molar-refractivity contribution in [2.45, 2.75) is 38.1 Å². The lowest BCUT2D eigenvalue weighted by molar-refractivity contribution is 0.294. The first-order chi connectivity index (χ1) is 10.7. The van der Waals surface area contributed by atoms with Crippen LogP contribution in [-0.4, -0.2) is 23.1 Å². The van der Waals surface area contributed by atoms with Crippen molar-refractivity contribution in [3.63, 3.8) is 0 Å². The lowest BCUT2D eigenvalue weighted by atomic mass is 9.76. The molecule has 0 radical (unpaired) electrons. The molecule has 1 saturated heterocycles. The summed E-state index contributed by atoms with van der Waals surface area (Å²) in [5.41, 5.74) is 2.87. The Bertz CT molecular complexity index is 610. The number of phenolic OH excluding ortho intramolecular Hbond substituents is 1. The minimum Gasteiger partial charge on any atom is -0.508 e. The van der Waals surface area contributed by atoms with E-state index < -0.39 is 0 Å². The molecule has 0 unspecified atom stereocenters. The molecule has 0 aliphatic carbocycles. The van der Waals surface area contributed by atoms with Gasteiger partial charge < -0.3 is 5.11 Å². The van der Waals surface area contributed by atoms with Crippen LogP contribution < -0.4 is 0 Å². The van der Waals surface area contributed by atoms with Gasteiger partial charge in [0.15, 0.2) is 0 Å². The summed E-state index contributed by atoms with van der Waals surface area (Å²) in [7, 11) is 0. The van der Waals surface area contributed by atoms with Gasteiger partial charge in [-0.3, -0.25) is 4.90 Å². The van der Waals surface area contributed by atoms with Gasteiger partial charge in [-0.1, -0.05) is 55.8 Å². The van der Waals surface area contributed by atoms with Crippen LogP contribution >= 0.6 is 0 Å². The summed E-state index contributed by atoms with van der Waals surface area (Å²) in [6.45, 7) is 5.49. The topological polar surface area (TPSA) is 23.5 Å². The third-order valence-electron chi connectivity index (χ3n) is 4.87. The van der Waals surface area contributed by atoms with E-state index in [1.165, 1.54) is 30.4 Å². The van der Waals surface area contributed by atoms with E-state index in [1.54, 1.807) is 6.07 Å². The monoisotopic (exact) mass is 295 g/mol. The summed E-state index contributed by atoms with van der Waals surface area (Å²) >= 11 is 0. The molecule has 0 amide bonds. The van der Waals surface area contributed by atoms with E-state index in [-0.39, 0.29) is 5.41 Å². The number of hydrogen-bond acceptors (Lipinski definition) is 2. The third-order valence-corrected chi connectivity index (χ3v) is 4.87. The lowest BCUT2D eigenvalue weighted by Gasteiger charge is -2.30. The minimum atomic E-state index is 0.197. The van der Waals surface area contributed by atoms with E-state index in [2.05, 4.69) is 48.2 Å². The molecule has 1 heterocycles. The molecule has 1 aliphatic rings. The average Bonchev–Trinajstić information content (AvgIpc) is 2.93. The van der Waals surface area contributed by atoms with Gasteiger partial charge >= 0.3 is 0 Å². The van der Waals surface area contributed by atoms with Crippen LogP contribution in [-0.2, 0) is 12.0 Å². The van der Waals surface area contributed by atoms with Crippen LogP contribution in [0.5, 0.6) is 5.75 Å². The predicted octanol–water partition coefficient (Wildman–Crippen LogP) is 4.34. The Kier molecular flexibility index (Phi) is 4.49. The summed E-state index contributed by atoms with van der Waals surface area (Å²) in [6, 6.07) is 18.6. The standard InChI is InChI=1S/C20H25NO/c1-2-11-20(18-9-6-10-19(22)14-18)12-13-21(16-20)15-17-7-4-3-5-8-17/h3-10,14,22H,2,11-13,15-16H2,1H3/t20-/m1/s1. The van der Waals surface area contributed by atoms with Gasteiger partial charge in [0.25, 0.3) is 0 Å². The van der Waals surface area contributed by atoms with Gasteiger partial charge in [-0.05, 0) is 42.6 Å². The van der Waals surface area contributed by atoms with Gasteiger partial charge in [0.1, 0.15) is 5.75 Å². The number of likely N-dealkylation sites (tertiary alicyclic amines) is 1. The van der Waals surface area contributed by atoms with Gasteiger partial charge in [0.05, 0.1) is 0 Å². The van der Waals surface area contributed by atoms with Crippen molar-refractivity contribution in [1.82, 2.24) is 4.90 Å². The van der Waals surface area contributed by atoms with Crippen molar-refractivity contribution in [1.29, 1.82) is 0 Å². The molecule has 22 heavy (non-hydrogen) atoms. The Hall–Kier alpha value is -1.80. The molecule has 1 fully saturated rings. The Morgan fingerprint density at radius 2 is 1.91 bits per heavy atom. The van der Waals surface area contributed by atoms with Crippen LogP contribution in [0.1, 0.15) is 37.3 Å². The highest BCUT2D eigenvalue weighted by atomic mass is 16.3. The van der Waals surface area contributed by atoms with E-state index in [0.29, 0.717) is 5.75 Å². The zero-order valence-corrected chi connectivity index (χ0v) is 13.3. The fourth-order valence-corrected chi connectivity index (χ4v) is 3.83. The maximum atomic E-state index is 9.84. The second-order valence-electron chi connectivity index (χ2n) is 6.53. The zero-order chi connectivity index (χ0) is 15.4. The molecule has 1 N–H and O–H groups in total. The van der Waals surface area contributed by atoms with Crippen molar-refractivity contribution in [3.8, 4) is 5.75 Å². The fourth-order valence-electron chi connectivity index (χ4n) is 3.83. The molecular weight excluding hydrogens is 270 g/mol. The van der Waals surface area contributed by atoms with Crippen LogP contribution in [0.25, 0.3) is 0 Å². The number of hydrogen-bond donors (Lipinski definition) is 1. The number of nitrogens with zero attached hydrogens (tertiary/aromatic N) is 1. The van der Waals surface area contributed by atoms with Crippen LogP contribution in [0.4, 0.5) is 0 Å². The molecule has 2 heteroatoms. The highest BCUT2D eigenvalue weighted by Crippen LogP contribution is 2.40. The summed E-state index contributed by atoms with van der Waals surface area (Å²) in [4.78, 5) is 2.55.